The number of ether oxygens (including phenoxy) is 2. The molecule has 0 saturated carbocycles. The topological polar surface area (TPSA) is 63.7 Å². The molecule has 25 heavy (non-hydrogen) atoms. The van der Waals surface area contributed by atoms with Crippen LogP contribution in [-0.4, -0.2) is 54.4 Å². The van der Waals surface area contributed by atoms with Crippen LogP contribution in [0.15, 0.2) is 30.5 Å². The van der Waals surface area contributed by atoms with E-state index < -0.39 is 0 Å². The lowest BCUT2D eigenvalue weighted by Gasteiger charge is -2.40. The van der Waals surface area contributed by atoms with Crippen molar-refractivity contribution < 1.29 is 14.3 Å². The molecule has 2 aliphatic rings. The number of carbonyl (C=O) groups excluding carboxylic acids is 1. The molecule has 2 bridgehead atoms. The first-order valence-corrected chi connectivity index (χ1v) is 9.27. The van der Waals surface area contributed by atoms with Gasteiger partial charge in [0, 0.05) is 17.5 Å². The van der Waals surface area contributed by atoms with E-state index in [1.54, 1.807) is 4.90 Å². The summed E-state index contributed by atoms with van der Waals surface area (Å²) in [5.41, 5.74) is 2.55. The van der Waals surface area contributed by atoms with Crippen molar-refractivity contribution in [2.24, 2.45) is 0 Å². The summed E-state index contributed by atoms with van der Waals surface area (Å²) >= 11 is 1.52. The number of urea groups is 1. The molecule has 0 aliphatic carbocycles. The Balaban J connectivity index is 1.37. The molecule has 2 amide bonds. The smallest absolute Gasteiger partial charge is 0.323 e. The molecule has 1 N–H and O–H groups in total. The number of carbonyl (C=O) groups is 1. The second-order valence-corrected chi connectivity index (χ2v) is 7.60. The number of hydrogen-bond acceptors (Lipinski definition) is 5. The minimum atomic E-state index is -0.114. The fourth-order valence-electron chi connectivity index (χ4n) is 3.22. The maximum atomic E-state index is 12.5. The van der Waals surface area contributed by atoms with Crippen LogP contribution in [0.5, 0.6) is 0 Å². The molecule has 0 spiro atoms. The normalized spacial score (nSPS) is 22.7. The van der Waals surface area contributed by atoms with Gasteiger partial charge in [0.2, 0.25) is 0 Å². The van der Waals surface area contributed by atoms with Crippen LogP contribution < -0.4 is 5.32 Å². The Morgan fingerprint density at radius 1 is 1.32 bits per heavy atom. The first-order chi connectivity index (χ1) is 12.2. The van der Waals surface area contributed by atoms with E-state index in [1.807, 2.05) is 18.3 Å². The Kier molecular flexibility index (Phi) is 4.70. The summed E-state index contributed by atoms with van der Waals surface area (Å²) < 4.78 is 11.2. The Morgan fingerprint density at radius 3 is 2.84 bits per heavy atom. The standard InChI is InChI=1S/C18H21N3O3S/c1-12-4-2-3-5-13(12)6-16-7-19-17(25-16)20-18(22)21-8-14-10-23-11-15(9-21)24-14/h2-5,7,14-15H,6,8-11H2,1H3,(H,19,20,22). The Bertz CT molecular complexity index is 752. The minimum Gasteiger partial charge on any atom is -0.376 e. The molecule has 132 valence electrons. The summed E-state index contributed by atoms with van der Waals surface area (Å²) in [4.78, 5) is 19.8. The summed E-state index contributed by atoms with van der Waals surface area (Å²) in [7, 11) is 0. The van der Waals surface area contributed by atoms with Gasteiger partial charge in [-0.15, -0.1) is 11.3 Å². The summed E-state index contributed by atoms with van der Waals surface area (Å²) in [5.74, 6) is 0. The quantitative estimate of drug-likeness (QED) is 0.915. The van der Waals surface area contributed by atoms with E-state index in [0.717, 1.165) is 11.3 Å². The number of fused-ring (bicyclic) bond motifs is 2. The van der Waals surface area contributed by atoms with E-state index in [-0.39, 0.29) is 18.2 Å². The zero-order valence-electron chi connectivity index (χ0n) is 14.1. The first kappa shape index (κ1) is 16.5. The van der Waals surface area contributed by atoms with E-state index in [1.165, 1.54) is 22.5 Å². The molecule has 2 aromatic rings. The SMILES string of the molecule is Cc1ccccc1Cc1cnc(NC(=O)N2CC3COCC(C2)O3)s1. The van der Waals surface area contributed by atoms with Gasteiger partial charge >= 0.3 is 6.03 Å². The van der Waals surface area contributed by atoms with Crippen LogP contribution in [0, 0.1) is 6.92 Å². The summed E-state index contributed by atoms with van der Waals surface area (Å²) in [6.07, 6.45) is 2.63. The van der Waals surface area contributed by atoms with Crippen LogP contribution in [0.4, 0.5) is 9.93 Å². The fraction of sp³-hybridized carbons (Fsp3) is 0.444. The van der Waals surface area contributed by atoms with Gasteiger partial charge in [0.05, 0.1) is 38.5 Å². The number of amides is 2. The molecule has 0 radical (unpaired) electrons. The molecule has 2 atom stereocenters. The number of aromatic nitrogens is 1. The van der Waals surface area contributed by atoms with Crippen LogP contribution >= 0.6 is 11.3 Å². The lowest BCUT2D eigenvalue weighted by Crippen LogP contribution is -2.56. The molecule has 2 saturated heterocycles. The lowest BCUT2D eigenvalue weighted by molar-refractivity contribution is -0.170. The maximum absolute atomic E-state index is 12.5. The highest BCUT2D eigenvalue weighted by Gasteiger charge is 2.34. The zero-order valence-corrected chi connectivity index (χ0v) is 14.9. The van der Waals surface area contributed by atoms with Crippen molar-refractivity contribution in [3.05, 3.63) is 46.5 Å². The number of anilines is 1. The number of rotatable bonds is 3. The third kappa shape index (κ3) is 3.84. The second-order valence-electron chi connectivity index (χ2n) is 6.49. The van der Waals surface area contributed by atoms with Crippen molar-refractivity contribution in [1.29, 1.82) is 0 Å². The van der Waals surface area contributed by atoms with Gasteiger partial charge in [-0.25, -0.2) is 9.78 Å². The number of aryl methyl sites for hydroxylation is 1. The van der Waals surface area contributed by atoms with Crippen molar-refractivity contribution >= 4 is 22.5 Å². The highest BCUT2D eigenvalue weighted by atomic mass is 32.1. The van der Waals surface area contributed by atoms with Crippen LogP contribution in [0.25, 0.3) is 0 Å². The first-order valence-electron chi connectivity index (χ1n) is 8.46. The van der Waals surface area contributed by atoms with Crippen molar-refractivity contribution in [3.8, 4) is 0 Å². The summed E-state index contributed by atoms with van der Waals surface area (Å²) in [5, 5.41) is 3.56. The van der Waals surface area contributed by atoms with Gasteiger partial charge in [-0.3, -0.25) is 5.32 Å². The molecule has 2 unspecified atom stereocenters. The molecular formula is C18H21N3O3S. The van der Waals surface area contributed by atoms with Gasteiger partial charge in [0.15, 0.2) is 5.13 Å². The van der Waals surface area contributed by atoms with Gasteiger partial charge in [-0.05, 0) is 18.1 Å². The average Bonchev–Trinajstić information content (AvgIpc) is 3.03. The van der Waals surface area contributed by atoms with Gasteiger partial charge < -0.3 is 14.4 Å². The van der Waals surface area contributed by atoms with Crippen LogP contribution in [0.2, 0.25) is 0 Å². The van der Waals surface area contributed by atoms with Gasteiger partial charge in [0.1, 0.15) is 0 Å². The number of nitrogens with zero attached hydrogens (tertiary/aromatic N) is 2. The molecule has 4 rings (SSSR count). The zero-order chi connectivity index (χ0) is 17.2. The van der Waals surface area contributed by atoms with Crippen LogP contribution in [0.3, 0.4) is 0 Å². The van der Waals surface area contributed by atoms with E-state index in [4.69, 9.17) is 9.47 Å². The largest absolute Gasteiger partial charge is 0.376 e. The summed E-state index contributed by atoms with van der Waals surface area (Å²) in [6, 6.07) is 8.21. The monoisotopic (exact) mass is 359 g/mol. The number of morpholine rings is 1. The Labute approximate surface area is 150 Å². The number of nitrogens with one attached hydrogen (secondary N) is 1. The van der Waals surface area contributed by atoms with E-state index in [9.17, 15) is 4.79 Å². The second kappa shape index (κ2) is 7.11. The number of benzene rings is 1. The Morgan fingerprint density at radius 2 is 2.08 bits per heavy atom. The predicted octanol–water partition coefficient (Wildman–Crippen LogP) is 2.67. The predicted molar refractivity (Wildman–Crippen MR) is 96.2 cm³/mol. The fourth-order valence-corrected chi connectivity index (χ4v) is 4.04. The number of hydrogen-bond donors (Lipinski definition) is 1. The van der Waals surface area contributed by atoms with Gasteiger partial charge in [-0.2, -0.15) is 0 Å². The van der Waals surface area contributed by atoms with Gasteiger partial charge in [-0.1, -0.05) is 24.3 Å². The van der Waals surface area contributed by atoms with Gasteiger partial charge in [0.25, 0.3) is 0 Å². The highest BCUT2D eigenvalue weighted by molar-refractivity contribution is 7.15. The third-order valence-electron chi connectivity index (χ3n) is 4.52. The maximum Gasteiger partial charge on any atom is 0.323 e. The minimum absolute atomic E-state index is 0.0221. The molecule has 6 nitrogen and oxygen atoms in total. The Hall–Kier alpha value is -1.96. The van der Waals surface area contributed by atoms with Crippen LogP contribution in [0.1, 0.15) is 16.0 Å². The van der Waals surface area contributed by atoms with Crippen molar-refractivity contribution in [2.45, 2.75) is 25.6 Å². The lowest BCUT2D eigenvalue weighted by atomic mass is 10.1. The third-order valence-corrected chi connectivity index (χ3v) is 5.43. The van der Waals surface area contributed by atoms with Crippen LogP contribution in [-0.2, 0) is 15.9 Å². The molecular weight excluding hydrogens is 338 g/mol. The van der Waals surface area contributed by atoms with Crippen molar-refractivity contribution in [1.82, 2.24) is 9.88 Å². The van der Waals surface area contributed by atoms with Crippen molar-refractivity contribution in [3.63, 3.8) is 0 Å². The molecule has 7 heteroatoms. The summed E-state index contributed by atoms with van der Waals surface area (Å²) in [6.45, 7) is 4.34. The van der Waals surface area contributed by atoms with E-state index in [2.05, 4.69) is 29.4 Å². The highest BCUT2D eigenvalue weighted by Crippen LogP contribution is 2.24. The molecule has 2 aliphatic heterocycles. The number of thiazole rings is 1. The molecule has 3 heterocycles. The van der Waals surface area contributed by atoms with Crippen molar-refractivity contribution in [2.75, 3.05) is 31.6 Å². The average molecular weight is 359 g/mol. The van der Waals surface area contributed by atoms with E-state index >= 15 is 0 Å². The molecule has 2 fully saturated rings. The van der Waals surface area contributed by atoms with E-state index in [0.29, 0.717) is 31.4 Å². The molecule has 1 aromatic carbocycles. The molecule has 1 aromatic heterocycles.